The zero-order chi connectivity index (χ0) is 15.8. The van der Waals surface area contributed by atoms with Crippen molar-refractivity contribution in [2.24, 2.45) is 0 Å². The van der Waals surface area contributed by atoms with E-state index in [9.17, 15) is 10.2 Å². The van der Waals surface area contributed by atoms with Gasteiger partial charge in [-0.25, -0.2) is 0 Å². The van der Waals surface area contributed by atoms with Gasteiger partial charge in [-0.05, 0) is 29.8 Å². The smallest absolute Gasteiger partial charge is 0.116 e. The molecule has 0 fully saturated rings. The molecule has 4 rings (SSSR count). The Labute approximate surface area is 133 Å². The fourth-order valence-corrected chi connectivity index (χ4v) is 3.02. The van der Waals surface area contributed by atoms with Crippen LogP contribution in [0.5, 0.6) is 5.75 Å². The SMILES string of the molecule is Oc1ccc2[nH]c3c([C@@H](O)Cc4ccccc4)nccc3c2c1. The van der Waals surface area contributed by atoms with E-state index in [2.05, 4.69) is 9.97 Å². The number of nitrogens with one attached hydrogen (secondary N) is 1. The summed E-state index contributed by atoms with van der Waals surface area (Å²) < 4.78 is 0. The molecule has 0 bridgehead atoms. The van der Waals surface area contributed by atoms with E-state index in [4.69, 9.17) is 0 Å². The molecule has 0 unspecified atom stereocenters. The summed E-state index contributed by atoms with van der Waals surface area (Å²) in [5.74, 6) is 0.224. The van der Waals surface area contributed by atoms with Gasteiger partial charge in [0, 0.05) is 28.9 Å². The van der Waals surface area contributed by atoms with Crippen LogP contribution in [0.1, 0.15) is 17.4 Å². The van der Waals surface area contributed by atoms with Gasteiger partial charge in [0.05, 0.1) is 11.2 Å². The number of aromatic amines is 1. The van der Waals surface area contributed by atoms with E-state index in [0.29, 0.717) is 12.1 Å². The highest BCUT2D eigenvalue weighted by Crippen LogP contribution is 2.31. The summed E-state index contributed by atoms with van der Waals surface area (Å²) >= 11 is 0. The van der Waals surface area contributed by atoms with Gasteiger partial charge >= 0.3 is 0 Å². The van der Waals surface area contributed by atoms with Gasteiger partial charge in [0.1, 0.15) is 11.9 Å². The maximum Gasteiger partial charge on any atom is 0.116 e. The summed E-state index contributed by atoms with van der Waals surface area (Å²) in [6, 6.07) is 17.0. The van der Waals surface area contributed by atoms with Crippen LogP contribution in [0.3, 0.4) is 0 Å². The van der Waals surface area contributed by atoms with E-state index in [1.807, 2.05) is 42.5 Å². The van der Waals surface area contributed by atoms with Gasteiger partial charge in [0.2, 0.25) is 0 Å². The van der Waals surface area contributed by atoms with Crippen molar-refractivity contribution in [1.29, 1.82) is 0 Å². The summed E-state index contributed by atoms with van der Waals surface area (Å²) in [5, 5.41) is 22.2. The van der Waals surface area contributed by atoms with Gasteiger partial charge in [-0.3, -0.25) is 4.98 Å². The van der Waals surface area contributed by atoms with Crippen molar-refractivity contribution in [2.75, 3.05) is 0 Å². The summed E-state index contributed by atoms with van der Waals surface area (Å²) in [6.07, 6.45) is 1.51. The number of hydrogen-bond donors (Lipinski definition) is 3. The molecule has 23 heavy (non-hydrogen) atoms. The number of rotatable bonds is 3. The Morgan fingerprint density at radius 2 is 1.83 bits per heavy atom. The van der Waals surface area contributed by atoms with Gasteiger partial charge in [0.15, 0.2) is 0 Å². The molecule has 0 radical (unpaired) electrons. The Bertz CT molecular complexity index is 977. The lowest BCUT2D eigenvalue weighted by molar-refractivity contribution is 0.175. The number of pyridine rings is 1. The third kappa shape index (κ3) is 2.43. The molecule has 0 aliphatic carbocycles. The first-order chi connectivity index (χ1) is 11.2. The Hall–Kier alpha value is -2.85. The predicted octanol–water partition coefficient (Wildman–Crippen LogP) is 3.70. The van der Waals surface area contributed by atoms with Crippen LogP contribution >= 0.6 is 0 Å². The highest BCUT2D eigenvalue weighted by atomic mass is 16.3. The summed E-state index contributed by atoms with van der Waals surface area (Å²) in [5.41, 5.74) is 3.42. The normalized spacial score (nSPS) is 12.7. The predicted molar refractivity (Wildman–Crippen MR) is 90.4 cm³/mol. The van der Waals surface area contributed by atoms with E-state index in [-0.39, 0.29) is 5.75 Å². The van der Waals surface area contributed by atoms with Crippen LogP contribution in [0.15, 0.2) is 60.8 Å². The Morgan fingerprint density at radius 3 is 2.65 bits per heavy atom. The number of H-pyrrole nitrogens is 1. The molecule has 0 aliphatic rings. The molecule has 4 heteroatoms. The number of aromatic nitrogens is 2. The average molecular weight is 304 g/mol. The second kappa shape index (κ2) is 5.41. The maximum absolute atomic E-state index is 10.6. The van der Waals surface area contributed by atoms with Gasteiger partial charge in [0.25, 0.3) is 0 Å². The number of hydrogen-bond acceptors (Lipinski definition) is 3. The van der Waals surface area contributed by atoms with Gasteiger partial charge < -0.3 is 15.2 Å². The zero-order valence-electron chi connectivity index (χ0n) is 12.4. The van der Waals surface area contributed by atoms with Crippen molar-refractivity contribution in [3.63, 3.8) is 0 Å². The molecular formula is C19H16N2O2. The van der Waals surface area contributed by atoms with Crippen LogP contribution in [0.2, 0.25) is 0 Å². The minimum Gasteiger partial charge on any atom is -0.508 e. The fourth-order valence-electron chi connectivity index (χ4n) is 3.02. The first-order valence-electron chi connectivity index (χ1n) is 7.53. The molecule has 4 aromatic rings. The summed E-state index contributed by atoms with van der Waals surface area (Å²) in [6.45, 7) is 0. The minimum atomic E-state index is -0.692. The van der Waals surface area contributed by atoms with Crippen LogP contribution in [0.25, 0.3) is 21.8 Å². The molecule has 0 spiro atoms. The van der Waals surface area contributed by atoms with Crippen molar-refractivity contribution >= 4 is 21.8 Å². The van der Waals surface area contributed by atoms with Crippen molar-refractivity contribution in [3.05, 3.63) is 72.1 Å². The van der Waals surface area contributed by atoms with Gasteiger partial charge in [-0.15, -0.1) is 0 Å². The molecule has 2 heterocycles. The molecule has 114 valence electrons. The molecule has 3 N–H and O–H groups in total. The Kier molecular flexibility index (Phi) is 3.24. The van der Waals surface area contributed by atoms with Crippen molar-refractivity contribution in [2.45, 2.75) is 12.5 Å². The quantitative estimate of drug-likeness (QED) is 0.540. The van der Waals surface area contributed by atoms with E-state index in [1.54, 1.807) is 18.3 Å². The number of aliphatic hydroxyl groups excluding tert-OH is 1. The van der Waals surface area contributed by atoms with Crippen molar-refractivity contribution in [3.8, 4) is 5.75 Å². The lowest BCUT2D eigenvalue weighted by Gasteiger charge is -2.11. The lowest BCUT2D eigenvalue weighted by Crippen LogP contribution is -2.04. The number of aromatic hydroxyl groups is 1. The minimum absolute atomic E-state index is 0.224. The van der Waals surface area contributed by atoms with Crippen LogP contribution < -0.4 is 0 Å². The van der Waals surface area contributed by atoms with Gasteiger partial charge in [-0.1, -0.05) is 30.3 Å². The second-order valence-electron chi connectivity index (χ2n) is 5.68. The number of fused-ring (bicyclic) bond motifs is 3. The zero-order valence-corrected chi connectivity index (χ0v) is 12.4. The van der Waals surface area contributed by atoms with Crippen LogP contribution in [-0.4, -0.2) is 20.2 Å². The number of benzene rings is 2. The first kappa shape index (κ1) is 13.8. The first-order valence-corrected chi connectivity index (χ1v) is 7.53. The van der Waals surface area contributed by atoms with Crippen LogP contribution in [-0.2, 0) is 6.42 Å². The maximum atomic E-state index is 10.6. The molecule has 0 aliphatic heterocycles. The summed E-state index contributed by atoms with van der Waals surface area (Å²) in [4.78, 5) is 7.68. The van der Waals surface area contributed by atoms with Gasteiger partial charge in [-0.2, -0.15) is 0 Å². The third-order valence-corrected chi connectivity index (χ3v) is 4.12. The third-order valence-electron chi connectivity index (χ3n) is 4.12. The number of phenolic OH excluding ortho intramolecular Hbond substituents is 1. The van der Waals surface area contributed by atoms with Crippen LogP contribution in [0, 0.1) is 0 Å². The van der Waals surface area contributed by atoms with E-state index in [0.717, 1.165) is 27.4 Å². The number of nitrogens with zero attached hydrogens (tertiary/aromatic N) is 1. The molecule has 2 aromatic carbocycles. The summed E-state index contributed by atoms with van der Waals surface area (Å²) in [7, 11) is 0. The number of phenols is 1. The van der Waals surface area contributed by atoms with E-state index >= 15 is 0 Å². The molecule has 2 aromatic heterocycles. The van der Waals surface area contributed by atoms with Crippen molar-refractivity contribution in [1.82, 2.24) is 9.97 Å². The largest absolute Gasteiger partial charge is 0.508 e. The molecule has 1 atom stereocenters. The number of aliphatic hydroxyl groups is 1. The lowest BCUT2D eigenvalue weighted by atomic mass is 10.0. The molecule has 4 nitrogen and oxygen atoms in total. The Balaban J connectivity index is 1.82. The Morgan fingerprint density at radius 1 is 1.00 bits per heavy atom. The monoisotopic (exact) mass is 304 g/mol. The van der Waals surface area contributed by atoms with Crippen molar-refractivity contribution < 1.29 is 10.2 Å². The van der Waals surface area contributed by atoms with E-state index in [1.165, 1.54) is 0 Å². The second-order valence-corrected chi connectivity index (χ2v) is 5.68. The molecular weight excluding hydrogens is 288 g/mol. The molecule has 0 amide bonds. The van der Waals surface area contributed by atoms with E-state index < -0.39 is 6.10 Å². The molecule has 0 saturated heterocycles. The highest BCUT2D eigenvalue weighted by Gasteiger charge is 2.16. The highest BCUT2D eigenvalue weighted by molar-refractivity contribution is 6.08. The molecule has 0 saturated carbocycles. The average Bonchev–Trinajstić information content (AvgIpc) is 2.93. The standard InChI is InChI=1S/C19H16N2O2/c22-13-6-7-16-15(11-13)14-8-9-20-19(18(14)21-16)17(23)10-12-4-2-1-3-5-12/h1-9,11,17,21-23H,10H2/t17-/m0/s1. The topological polar surface area (TPSA) is 69.1 Å². The fraction of sp³-hybridized carbons (Fsp3) is 0.105. The van der Waals surface area contributed by atoms with Crippen LogP contribution in [0.4, 0.5) is 0 Å².